The number of aromatic nitrogens is 2. The quantitative estimate of drug-likeness (QED) is 0.833. The third kappa shape index (κ3) is 3.86. The van der Waals surface area contributed by atoms with Crippen LogP contribution in [0.25, 0.3) is 0 Å². The Morgan fingerprint density at radius 2 is 1.79 bits per heavy atom. The SMILES string of the molecule is Cc1ccc(N2C[C@H](NC(=O)C3(c4ccc(C(C)(C)C)cc4)CC3)[C@@H](O)C2)nn1. The molecule has 2 heterocycles. The molecule has 2 atom stereocenters. The largest absolute Gasteiger partial charge is 0.389 e. The topological polar surface area (TPSA) is 78.4 Å². The lowest BCUT2D eigenvalue weighted by Crippen LogP contribution is -2.47. The molecule has 0 bridgehead atoms. The van der Waals surface area contributed by atoms with Crippen LogP contribution in [0.15, 0.2) is 36.4 Å². The zero-order valence-corrected chi connectivity index (χ0v) is 17.6. The van der Waals surface area contributed by atoms with Crippen LogP contribution in [0.4, 0.5) is 5.82 Å². The minimum Gasteiger partial charge on any atom is -0.389 e. The zero-order chi connectivity index (χ0) is 20.8. The van der Waals surface area contributed by atoms with Crippen molar-refractivity contribution in [3.8, 4) is 0 Å². The van der Waals surface area contributed by atoms with E-state index in [0.717, 1.165) is 29.9 Å². The molecule has 154 valence electrons. The Bertz CT molecular complexity index is 883. The van der Waals surface area contributed by atoms with Gasteiger partial charge in [-0.3, -0.25) is 4.79 Å². The van der Waals surface area contributed by atoms with Crippen molar-refractivity contribution in [2.45, 2.75) is 63.5 Å². The number of aliphatic hydroxyl groups excluding tert-OH is 1. The summed E-state index contributed by atoms with van der Waals surface area (Å²) in [5, 5.41) is 21.9. The molecule has 6 nitrogen and oxygen atoms in total. The van der Waals surface area contributed by atoms with Crippen molar-refractivity contribution in [2.75, 3.05) is 18.0 Å². The normalized spacial score (nSPS) is 23.1. The molecule has 1 aromatic carbocycles. The first-order chi connectivity index (χ1) is 13.7. The van der Waals surface area contributed by atoms with Crippen molar-refractivity contribution in [1.29, 1.82) is 0 Å². The molecule has 2 aromatic rings. The average Bonchev–Trinajstić information content (AvgIpc) is 3.42. The number of nitrogens with one attached hydrogen (secondary N) is 1. The molecule has 0 spiro atoms. The van der Waals surface area contributed by atoms with Crippen LogP contribution in [0.3, 0.4) is 0 Å². The molecule has 2 aliphatic rings. The first kappa shape index (κ1) is 19.8. The van der Waals surface area contributed by atoms with Gasteiger partial charge in [-0.15, -0.1) is 5.10 Å². The highest BCUT2D eigenvalue weighted by molar-refractivity contribution is 5.91. The summed E-state index contributed by atoms with van der Waals surface area (Å²) in [6, 6.07) is 11.9. The van der Waals surface area contributed by atoms with Crippen LogP contribution >= 0.6 is 0 Å². The van der Waals surface area contributed by atoms with Crippen molar-refractivity contribution < 1.29 is 9.90 Å². The highest BCUT2D eigenvalue weighted by Gasteiger charge is 2.52. The molecule has 1 saturated carbocycles. The van der Waals surface area contributed by atoms with Crippen LogP contribution in [0, 0.1) is 6.92 Å². The summed E-state index contributed by atoms with van der Waals surface area (Å²) < 4.78 is 0. The van der Waals surface area contributed by atoms with Gasteiger partial charge in [-0.1, -0.05) is 45.0 Å². The number of β-amino-alcohol motifs (C(OH)–C–C–N with tert-alkyl or cyclic N) is 1. The maximum atomic E-state index is 13.1. The number of hydrogen-bond acceptors (Lipinski definition) is 5. The van der Waals surface area contributed by atoms with Crippen LogP contribution < -0.4 is 10.2 Å². The molecule has 1 saturated heterocycles. The fraction of sp³-hybridized carbons (Fsp3) is 0.522. The van der Waals surface area contributed by atoms with Crippen LogP contribution in [0.1, 0.15) is 50.4 Å². The summed E-state index contributed by atoms with van der Waals surface area (Å²) in [7, 11) is 0. The molecular formula is C23H30N4O2. The van der Waals surface area contributed by atoms with Crippen molar-refractivity contribution in [2.24, 2.45) is 0 Å². The van der Waals surface area contributed by atoms with Gasteiger partial charge in [0.1, 0.15) is 0 Å². The number of carbonyl (C=O) groups excluding carboxylic acids is 1. The van der Waals surface area contributed by atoms with E-state index in [-0.39, 0.29) is 17.4 Å². The molecule has 1 aliphatic heterocycles. The molecule has 4 rings (SSSR count). The van der Waals surface area contributed by atoms with Crippen molar-refractivity contribution >= 4 is 11.7 Å². The van der Waals surface area contributed by atoms with E-state index in [9.17, 15) is 9.90 Å². The van der Waals surface area contributed by atoms with Gasteiger partial charge < -0.3 is 15.3 Å². The number of anilines is 1. The number of hydrogen-bond donors (Lipinski definition) is 2. The van der Waals surface area contributed by atoms with E-state index in [1.165, 1.54) is 5.56 Å². The van der Waals surface area contributed by atoms with Crippen molar-refractivity contribution in [3.05, 3.63) is 53.2 Å². The van der Waals surface area contributed by atoms with Gasteiger partial charge in [0.25, 0.3) is 0 Å². The first-order valence-electron chi connectivity index (χ1n) is 10.3. The van der Waals surface area contributed by atoms with Crippen molar-refractivity contribution in [1.82, 2.24) is 15.5 Å². The molecule has 0 radical (unpaired) electrons. The third-order valence-corrected chi connectivity index (χ3v) is 6.20. The number of rotatable bonds is 4. The van der Waals surface area contributed by atoms with E-state index >= 15 is 0 Å². The molecule has 1 amide bonds. The monoisotopic (exact) mass is 394 g/mol. The predicted octanol–water partition coefficient (Wildman–Crippen LogP) is 2.48. The van der Waals surface area contributed by atoms with E-state index in [0.29, 0.717) is 13.1 Å². The molecule has 2 fully saturated rings. The fourth-order valence-electron chi connectivity index (χ4n) is 4.04. The first-order valence-corrected chi connectivity index (χ1v) is 10.3. The average molecular weight is 395 g/mol. The van der Waals surface area contributed by atoms with Crippen LogP contribution in [-0.4, -0.2) is 46.4 Å². The highest BCUT2D eigenvalue weighted by atomic mass is 16.3. The maximum absolute atomic E-state index is 13.1. The predicted molar refractivity (Wildman–Crippen MR) is 113 cm³/mol. The van der Waals surface area contributed by atoms with Gasteiger partial charge in [0.15, 0.2) is 5.82 Å². The maximum Gasteiger partial charge on any atom is 0.231 e. The zero-order valence-electron chi connectivity index (χ0n) is 17.6. The van der Waals surface area contributed by atoms with Gasteiger partial charge in [0.05, 0.1) is 23.3 Å². The lowest BCUT2D eigenvalue weighted by atomic mass is 9.85. The lowest BCUT2D eigenvalue weighted by Gasteiger charge is -2.23. The molecular weight excluding hydrogens is 364 g/mol. The number of carbonyl (C=O) groups is 1. The standard InChI is InChI=1S/C23H30N4O2/c1-15-5-10-20(26-25-15)27-13-18(19(28)14-27)24-21(29)23(11-12-23)17-8-6-16(7-9-17)22(2,3)4/h5-10,18-19,28H,11-14H2,1-4H3,(H,24,29)/t18-,19-/m0/s1. The van der Waals surface area contributed by atoms with Gasteiger partial charge in [-0.25, -0.2) is 0 Å². The fourth-order valence-corrected chi connectivity index (χ4v) is 4.04. The summed E-state index contributed by atoms with van der Waals surface area (Å²) in [4.78, 5) is 15.1. The number of aryl methyl sites for hydroxylation is 1. The van der Waals surface area contributed by atoms with E-state index in [1.807, 2.05) is 24.0 Å². The Labute approximate surface area is 172 Å². The van der Waals surface area contributed by atoms with Crippen LogP contribution in [0.2, 0.25) is 0 Å². The van der Waals surface area contributed by atoms with Gasteiger partial charge >= 0.3 is 0 Å². The van der Waals surface area contributed by atoms with E-state index in [1.54, 1.807) is 0 Å². The van der Waals surface area contributed by atoms with Gasteiger partial charge in [-0.05, 0) is 48.4 Å². The second-order valence-corrected chi connectivity index (χ2v) is 9.49. The summed E-state index contributed by atoms with van der Waals surface area (Å²) in [6.45, 7) is 9.43. The molecule has 2 N–H and O–H groups in total. The van der Waals surface area contributed by atoms with Crippen molar-refractivity contribution in [3.63, 3.8) is 0 Å². The summed E-state index contributed by atoms with van der Waals surface area (Å²) in [5.41, 5.74) is 2.82. The number of amides is 1. The van der Waals surface area contributed by atoms with Crippen LogP contribution in [0.5, 0.6) is 0 Å². The van der Waals surface area contributed by atoms with Gasteiger partial charge in [0.2, 0.25) is 5.91 Å². The number of benzene rings is 1. The van der Waals surface area contributed by atoms with Crippen LogP contribution in [-0.2, 0) is 15.6 Å². The molecule has 1 aliphatic carbocycles. The summed E-state index contributed by atoms with van der Waals surface area (Å²) >= 11 is 0. The second-order valence-electron chi connectivity index (χ2n) is 9.49. The molecule has 29 heavy (non-hydrogen) atoms. The number of nitrogens with zero attached hydrogens (tertiary/aromatic N) is 3. The second kappa shape index (κ2) is 7.10. The third-order valence-electron chi connectivity index (χ3n) is 6.20. The van der Waals surface area contributed by atoms with E-state index in [2.05, 4.69) is 60.6 Å². The molecule has 0 unspecified atom stereocenters. The van der Waals surface area contributed by atoms with Gasteiger partial charge in [-0.2, -0.15) is 5.10 Å². The summed E-state index contributed by atoms with van der Waals surface area (Å²) in [6.07, 6.45) is 1.08. The highest BCUT2D eigenvalue weighted by Crippen LogP contribution is 2.48. The number of aliphatic hydroxyl groups is 1. The Morgan fingerprint density at radius 3 is 2.34 bits per heavy atom. The van der Waals surface area contributed by atoms with E-state index in [4.69, 9.17) is 0 Å². The smallest absolute Gasteiger partial charge is 0.231 e. The Hall–Kier alpha value is -2.47. The lowest BCUT2D eigenvalue weighted by molar-refractivity contribution is -0.124. The Balaban J connectivity index is 1.44. The minimum atomic E-state index is -0.624. The Kier molecular flexibility index (Phi) is 4.85. The molecule has 1 aromatic heterocycles. The summed E-state index contributed by atoms with van der Waals surface area (Å²) in [5.74, 6) is 0.743. The molecule has 6 heteroatoms. The Morgan fingerprint density at radius 1 is 1.10 bits per heavy atom. The van der Waals surface area contributed by atoms with Gasteiger partial charge in [0, 0.05) is 13.1 Å². The van der Waals surface area contributed by atoms with E-state index < -0.39 is 11.5 Å². The minimum absolute atomic E-state index is 0.0156.